The Morgan fingerprint density at radius 1 is 1.08 bits per heavy atom. The monoisotopic (exact) mass is 365 g/mol. The summed E-state index contributed by atoms with van der Waals surface area (Å²) in [6.07, 6.45) is 2.86. The van der Waals surface area contributed by atoms with Crippen LogP contribution < -0.4 is 5.32 Å². The first-order valence-electron chi connectivity index (χ1n) is 10.4. The summed E-state index contributed by atoms with van der Waals surface area (Å²) in [5.74, 6) is 1.89. The van der Waals surface area contributed by atoms with Gasteiger partial charge in [-0.25, -0.2) is 0 Å². The number of rotatable bonds is 5. The van der Waals surface area contributed by atoms with Gasteiger partial charge in [0.1, 0.15) is 0 Å². The quantitative estimate of drug-likeness (QED) is 0.815. The van der Waals surface area contributed by atoms with E-state index in [2.05, 4.69) is 37.9 Å². The Kier molecular flexibility index (Phi) is 7.12. The molecule has 150 valence electrons. The molecule has 0 bridgehead atoms. The summed E-state index contributed by atoms with van der Waals surface area (Å²) in [5, 5.41) is 3.20. The van der Waals surface area contributed by atoms with E-state index in [1.807, 2.05) is 18.7 Å². The first-order chi connectivity index (χ1) is 12.1. The SMILES string of the molecule is CC1CC(C)CN(C(C)(C)CNC(=O)C2CCN(C(=O)C(C)C)CC2)C1. The van der Waals surface area contributed by atoms with Crippen LogP contribution in [0, 0.1) is 23.7 Å². The Morgan fingerprint density at radius 3 is 2.12 bits per heavy atom. The van der Waals surface area contributed by atoms with Crippen LogP contribution in [0.5, 0.6) is 0 Å². The predicted octanol–water partition coefficient (Wildman–Crippen LogP) is 2.75. The highest BCUT2D eigenvalue weighted by Crippen LogP contribution is 2.27. The van der Waals surface area contributed by atoms with Crippen LogP contribution in [-0.4, -0.2) is 59.9 Å². The molecule has 2 rings (SSSR count). The van der Waals surface area contributed by atoms with E-state index in [4.69, 9.17) is 0 Å². The van der Waals surface area contributed by atoms with Crippen molar-refractivity contribution in [1.29, 1.82) is 0 Å². The van der Waals surface area contributed by atoms with Gasteiger partial charge < -0.3 is 10.2 Å². The second-order valence-corrected chi connectivity index (χ2v) is 9.64. The van der Waals surface area contributed by atoms with Gasteiger partial charge in [0, 0.05) is 50.1 Å². The van der Waals surface area contributed by atoms with Crippen molar-refractivity contribution in [3.05, 3.63) is 0 Å². The van der Waals surface area contributed by atoms with Gasteiger partial charge in [-0.3, -0.25) is 14.5 Å². The third-order valence-corrected chi connectivity index (χ3v) is 6.09. The fourth-order valence-electron chi connectivity index (χ4n) is 4.44. The molecule has 0 aromatic heterocycles. The Balaban J connectivity index is 1.80. The summed E-state index contributed by atoms with van der Waals surface area (Å²) in [4.78, 5) is 29.2. The molecular formula is C21H39N3O2. The minimum absolute atomic E-state index is 0.0209. The average Bonchev–Trinajstić information content (AvgIpc) is 2.58. The van der Waals surface area contributed by atoms with Crippen LogP contribution in [0.4, 0.5) is 0 Å². The van der Waals surface area contributed by atoms with Gasteiger partial charge in [-0.15, -0.1) is 0 Å². The number of hydrogen-bond donors (Lipinski definition) is 1. The lowest BCUT2D eigenvalue weighted by Crippen LogP contribution is -2.56. The van der Waals surface area contributed by atoms with Gasteiger partial charge in [0.2, 0.25) is 11.8 Å². The number of amides is 2. The molecule has 2 fully saturated rings. The molecule has 0 aromatic carbocycles. The summed E-state index contributed by atoms with van der Waals surface area (Å²) in [6, 6.07) is 0. The van der Waals surface area contributed by atoms with Crippen molar-refractivity contribution in [2.24, 2.45) is 23.7 Å². The molecule has 0 aromatic rings. The molecule has 1 N–H and O–H groups in total. The zero-order chi connectivity index (χ0) is 19.5. The fraction of sp³-hybridized carbons (Fsp3) is 0.905. The average molecular weight is 366 g/mol. The smallest absolute Gasteiger partial charge is 0.225 e. The molecule has 2 aliphatic heterocycles. The minimum Gasteiger partial charge on any atom is -0.354 e. The molecule has 0 saturated carbocycles. The van der Waals surface area contributed by atoms with E-state index >= 15 is 0 Å². The second kappa shape index (κ2) is 8.73. The molecule has 2 heterocycles. The lowest BCUT2D eigenvalue weighted by Gasteiger charge is -2.45. The van der Waals surface area contributed by atoms with Crippen molar-refractivity contribution >= 4 is 11.8 Å². The van der Waals surface area contributed by atoms with Crippen molar-refractivity contribution in [2.75, 3.05) is 32.7 Å². The maximum Gasteiger partial charge on any atom is 0.225 e. The Bertz CT molecular complexity index is 485. The van der Waals surface area contributed by atoms with E-state index in [0.29, 0.717) is 19.6 Å². The third-order valence-electron chi connectivity index (χ3n) is 6.09. The van der Waals surface area contributed by atoms with E-state index in [-0.39, 0.29) is 29.2 Å². The second-order valence-electron chi connectivity index (χ2n) is 9.64. The Hall–Kier alpha value is -1.10. The first-order valence-corrected chi connectivity index (χ1v) is 10.4. The summed E-state index contributed by atoms with van der Waals surface area (Å²) >= 11 is 0. The number of piperidine rings is 2. The van der Waals surface area contributed by atoms with Crippen molar-refractivity contribution in [3.8, 4) is 0 Å². The molecule has 5 nitrogen and oxygen atoms in total. The largest absolute Gasteiger partial charge is 0.354 e. The molecule has 0 radical (unpaired) electrons. The Morgan fingerprint density at radius 2 is 1.62 bits per heavy atom. The van der Waals surface area contributed by atoms with Gasteiger partial charge in [-0.2, -0.15) is 0 Å². The first kappa shape index (κ1) is 21.2. The number of nitrogens with zero attached hydrogens (tertiary/aromatic N) is 2. The predicted molar refractivity (Wildman–Crippen MR) is 106 cm³/mol. The highest BCUT2D eigenvalue weighted by molar-refractivity contribution is 5.80. The number of carbonyl (C=O) groups is 2. The zero-order valence-corrected chi connectivity index (χ0v) is 17.7. The highest BCUT2D eigenvalue weighted by atomic mass is 16.2. The summed E-state index contributed by atoms with van der Waals surface area (Å²) < 4.78 is 0. The summed E-state index contributed by atoms with van der Waals surface area (Å²) in [6.45, 7) is 17.3. The zero-order valence-electron chi connectivity index (χ0n) is 17.7. The number of hydrogen-bond acceptors (Lipinski definition) is 3. The normalized spacial score (nSPS) is 26.2. The van der Waals surface area contributed by atoms with Gasteiger partial charge >= 0.3 is 0 Å². The van der Waals surface area contributed by atoms with E-state index < -0.39 is 0 Å². The highest BCUT2D eigenvalue weighted by Gasteiger charge is 2.34. The third kappa shape index (κ3) is 5.45. The van der Waals surface area contributed by atoms with E-state index in [9.17, 15) is 9.59 Å². The van der Waals surface area contributed by atoms with E-state index in [1.54, 1.807) is 0 Å². The fourth-order valence-corrected chi connectivity index (χ4v) is 4.44. The molecule has 2 amide bonds. The number of carbonyl (C=O) groups excluding carboxylic acids is 2. The molecule has 2 saturated heterocycles. The van der Waals surface area contributed by atoms with Crippen LogP contribution in [0.15, 0.2) is 0 Å². The Labute approximate surface area is 159 Å². The standard InChI is InChI=1S/C21H39N3O2/c1-15(2)20(26)23-9-7-18(8-10-23)19(25)22-14-21(5,6)24-12-16(3)11-17(4)13-24/h15-18H,7-14H2,1-6H3,(H,22,25). The van der Waals surface area contributed by atoms with E-state index in [0.717, 1.165) is 37.8 Å². The van der Waals surface area contributed by atoms with Crippen molar-refractivity contribution in [1.82, 2.24) is 15.1 Å². The maximum atomic E-state index is 12.6. The van der Waals surface area contributed by atoms with Gasteiger partial charge in [-0.05, 0) is 44.9 Å². The molecule has 2 aliphatic rings. The molecular weight excluding hydrogens is 326 g/mol. The summed E-state index contributed by atoms with van der Waals surface area (Å²) in [5.41, 5.74) is -0.0209. The van der Waals surface area contributed by atoms with Crippen LogP contribution in [0.3, 0.4) is 0 Å². The molecule has 2 atom stereocenters. The van der Waals surface area contributed by atoms with Gasteiger partial charge in [0.15, 0.2) is 0 Å². The minimum atomic E-state index is -0.0209. The topological polar surface area (TPSA) is 52.7 Å². The molecule has 26 heavy (non-hydrogen) atoms. The van der Waals surface area contributed by atoms with Gasteiger partial charge in [0.25, 0.3) is 0 Å². The van der Waals surface area contributed by atoms with Crippen molar-refractivity contribution in [2.45, 2.75) is 66.3 Å². The molecule has 5 heteroatoms. The molecule has 0 aliphatic carbocycles. The van der Waals surface area contributed by atoms with Gasteiger partial charge in [-0.1, -0.05) is 27.7 Å². The number of likely N-dealkylation sites (tertiary alicyclic amines) is 2. The van der Waals surface area contributed by atoms with Crippen molar-refractivity contribution in [3.63, 3.8) is 0 Å². The maximum absolute atomic E-state index is 12.6. The molecule has 2 unspecified atom stereocenters. The lowest BCUT2D eigenvalue weighted by atomic mass is 9.87. The van der Waals surface area contributed by atoms with Crippen LogP contribution in [0.2, 0.25) is 0 Å². The van der Waals surface area contributed by atoms with Crippen LogP contribution in [0.25, 0.3) is 0 Å². The van der Waals surface area contributed by atoms with Crippen LogP contribution in [0.1, 0.15) is 60.8 Å². The lowest BCUT2D eigenvalue weighted by molar-refractivity contribution is -0.138. The van der Waals surface area contributed by atoms with E-state index in [1.165, 1.54) is 6.42 Å². The van der Waals surface area contributed by atoms with Crippen LogP contribution in [-0.2, 0) is 9.59 Å². The van der Waals surface area contributed by atoms with Crippen LogP contribution >= 0.6 is 0 Å². The summed E-state index contributed by atoms with van der Waals surface area (Å²) in [7, 11) is 0. The van der Waals surface area contributed by atoms with Gasteiger partial charge in [0.05, 0.1) is 0 Å². The van der Waals surface area contributed by atoms with Crippen molar-refractivity contribution < 1.29 is 9.59 Å². The molecule has 0 spiro atoms. The number of nitrogens with one attached hydrogen (secondary N) is 1.